The number of non-ortho nitro benzene ring substituents is 1. The largest absolute Gasteiger partial charge is 0.778 e. The van der Waals surface area contributed by atoms with E-state index in [9.17, 15) is 29.0 Å². The number of nitrogen functional groups attached to an aromatic ring is 1. The zero-order valence-electron chi connectivity index (χ0n) is 21.8. The first-order chi connectivity index (χ1) is 19.2. The molecule has 2 unspecified atom stereocenters. The molecule has 0 amide bonds. The Bertz CT molecular complexity index is 1530. The van der Waals surface area contributed by atoms with Crippen molar-refractivity contribution < 1.29 is 47.1 Å². The van der Waals surface area contributed by atoms with Crippen molar-refractivity contribution in [2.75, 3.05) is 24.9 Å². The fraction of sp³-hybridized carbons (Fsp3) is 0.500. The molecule has 0 spiro atoms. The first-order valence-electron chi connectivity index (χ1n) is 12.3. The maximum atomic E-state index is 12.6. The van der Waals surface area contributed by atoms with Gasteiger partial charge < -0.3 is 47.9 Å². The maximum Gasteiger partial charge on any atom is 0.269 e. The van der Waals surface area contributed by atoms with Gasteiger partial charge in [-0.15, -0.1) is 0 Å². The molecule has 2 aromatic heterocycles. The number of hydrogen-bond donors (Lipinski definition) is 1. The minimum atomic E-state index is -4.95. The van der Waals surface area contributed by atoms with E-state index in [1.165, 1.54) is 36.9 Å². The van der Waals surface area contributed by atoms with E-state index in [0.717, 1.165) is 0 Å². The number of nitrogens with zero attached hydrogens (tertiary/aromatic N) is 5. The number of nitro benzene ring substituents is 1. The van der Waals surface area contributed by atoms with Crippen molar-refractivity contribution in [1.82, 2.24) is 19.5 Å². The number of rotatable bonds is 11. The van der Waals surface area contributed by atoms with Crippen LogP contribution in [0.1, 0.15) is 25.6 Å². The summed E-state index contributed by atoms with van der Waals surface area (Å²) in [6.45, 7) is 2.47. The topological polar surface area (TPSA) is 239 Å². The van der Waals surface area contributed by atoms with Gasteiger partial charge in [0, 0.05) is 12.1 Å². The van der Waals surface area contributed by atoms with Crippen molar-refractivity contribution in [3.05, 3.63) is 52.6 Å². The highest BCUT2D eigenvalue weighted by Gasteiger charge is 2.56. The van der Waals surface area contributed by atoms with Gasteiger partial charge in [0.1, 0.15) is 45.3 Å². The van der Waals surface area contributed by atoms with E-state index in [1.54, 1.807) is 18.4 Å². The van der Waals surface area contributed by atoms with E-state index >= 15 is 0 Å². The predicted octanol–water partition coefficient (Wildman–Crippen LogP) is 1.07. The van der Waals surface area contributed by atoms with Crippen LogP contribution in [0.5, 0.6) is 0 Å². The fourth-order valence-electron chi connectivity index (χ4n) is 4.64. The second-order valence-corrected chi connectivity index (χ2v) is 14.0. The van der Waals surface area contributed by atoms with Gasteiger partial charge in [-0.2, -0.15) is 0 Å². The van der Waals surface area contributed by atoms with Crippen LogP contribution in [0.3, 0.4) is 0 Å². The van der Waals surface area contributed by atoms with Crippen LogP contribution < -0.4 is 15.5 Å². The molecule has 3 aromatic rings. The summed E-state index contributed by atoms with van der Waals surface area (Å²) >= 11 is 0. The van der Waals surface area contributed by atoms with E-state index in [2.05, 4.69) is 15.0 Å². The third-order valence-electron chi connectivity index (χ3n) is 6.39. The van der Waals surface area contributed by atoms with Crippen LogP contribution in [0.15, 0.2) is 36.9 Å². The third-order valence-corrected chi connectivity index (χ3v) is 10.3. The molecule has 0 saturated carbocycles. The van der Waals surface area contributed by atoms with Crippen molar-refractivity contribution in [2.24, 2.45) is 0 Å². The number of nitro groups is 1. The molecule has 17 nitrogen and oxygen atoms in total. The average molecular weight is 612 g/mol. The monoisotopic (exact) mass is 612 g/mol. The quantitative estimate of drug-likeness (QED) is 0.181. The Kier molecular flexibility index (Phi) is 8.02. The summed E-state index contributed by atoms with van der Waals surface area (Å²) in [4.78, 5) is 47.5. The average Bonchev–Trinajstić information content (AvgIpc) is 3.54. The summed E-state index contributed by atoms with van der Waals surface area (Å²) in [5.41, 5.74) is 7.04. The molecule has 4 heterocycles. The van der Waals surface area contributed by atoms with Crippen LogP contribution in [-0.4, -0.2) is 67.7 Å². The van der Waals surface area contributed by atoms with Gasteiger partial charge in [-0.3, -0.25) is 14.7 Å². The first-order valence-corrected chi connectivity index (χ1v) is 15.8. The summed E-state index contributed by atoms with van der Waals surface area (Å²) in [6, 6.07) is 5.44. The second kappa shape index (κ2) is 11.1. The molecule has 0 aliphatic carbocycles. The number of aromatic nitrogens is 4. The second-order valence-electron chi connectivity index (χ2n) is 9.88. The Balaban J connectivity index is 1.20. The lowest BCUT2D eigenvalue weighted by Gasteiger charge is -2.32. The van der Waals surface area contributed by atoms with Crippen molar-refractivity contribution in [1.29, 1.82) is 0 Å². The molecule has 41 heavy (non-hydrogen) atoms. The Morgan fingerprint density at radius 2 is 1.76 bits per heavy atom. The minimum absolute atomic E-state index is 0.0846. The molecule has 2 aliphatic rings. The zero-order valence-corrected chi connectivity index (χ0v) is 23.6. The number of imidazole rings is 1. The predicted molar refractivity (Wildman–Crippen MR) is 136 cm³/mol. The Labute approximate surface area is 232 Å². The molecular formula is C22H26N6O11P2-2. The summed E-state index contributed by atoms with van der Waals surface area (Å²) in [5.74, 6) is -2.24. The Morgan fingerprint density at radius 3 is 2.46 bits per heavy atom. The van der Waals surface area contributed by atoms with E-state index in [-0.39, 0.29) is 24.5 Å². The molecule has 2 fully saturated rings. The van der Waals surface area contributed by atoms with Crippen molar-refractivity contribution >= 4 is 37.9 Å². The molecule has 5 rings (SSSR count). The van der Waals surface area contributed by atoms with E-state index in [4.69, 9.17) is 29.0 Å². The molecule has 6 atom stereocenters. The fourth-order valence-corrected chi connectivity index (χ4v) is 7.73. The molecule has 2 saturated heterocycles. The molecule has 0 radical (unpaired) electrons. The van der Waals surface area contributed by atoms with E-state index in [0.29, 0.717) is 16.7 Å². The number of benzene rings is 1. The van der Waals surface area contributed by atoms with Gasteiger partial charge in [0.05, 0.1) is 30.4 Å². The minimum Gasteiger partial charge on any atom is -0.778 e. The standard InChI is InChI=1S/C22H28N6O11P2/c1-22(2)38-17-15(37-21(18(17)39-22)27-11-26-16-19(23)24-10-25-20(16)27)9-36-41(33,34)12-40(31,32)35-8-7-13-3-5-14(6-4-13)28(29)30/h3-6,10-11,15,17-18,21H,7-9,12H2,1-2H3,(H,31,32)(H,33,34)(H2,23,24,25)/p-2/t15-,17-,18-,21-/m1/s1. The molecule has 1 aromatic carbocycles. The summed E-state index contributed by atoms with van der Waals surface area (Å²) in [5, 5.41) is 10.7. The van der Waals surface area contributed by atoms with Crippen LogP contribution in [0.2, 0.25) is 0 Å². The van der Waals surface area contributed by atoms with Gasteiger partial charge in [-0.25, -0.2) is 15.0 Å². The molecule has 2 N–H and O–H groups in total. The van der Waals surface area contributed by atoms with Crippen LogP contribution in [0, 0.1) is 10.1 Å². The number of anilines is 1. The van der Waals surface area contributed by atoms with Crippen LogP contribution >= 0.6 is 15.2 Å². The first kappa shape index (κ1) is 29.6. The molecule has 0 bridgehead atoms. The summed E-state index contributed by atoms with van der Waals surface area (Å²) < 4.78 is 54.4. The number of ether oxygens (including phenoxy) is 3. The van der Waals surface area contributed by atoms with Crippen molar-refractivity contribution in [2.45, 2.75) is 50.6 Å². The summed E-state index contributed by atoms with van der Waals surface area (Å²) in [6.07, 6.45) is -0.470. The van der Waals surface area contributed by atoms with Crippen molar-refractivity contribution in [3.63, 3.8) is 0 Å². The highest BCUT2D eigenvalue weighted by atomic mass is 31.2. The lowest BCUT2D eigenvalue weighted by Crippen LogP contribution is -2.33. The number of hydrogen-bond acceptors (Lipinski definition) is 15. The number of nitrogens with two attached hydrogens (primary N) is 1. The molecule has 222 valence electrons. The molecule has 2 aliphatic heterocycles. The van der Waals surface area contributed by atoms with E-state index < -0.39 is 63.0 Å². The smallest absolute Gasteiger partial charge is 0.269 e. The van der Waals surface area contributed by atoms with Gasteiger partial charge in [-0.05, 0) is 25.8 Å². The Morgan fingerprint density at radius 1 is 1.07 bits per heavy atom. The highest BCUT2D eigenvalue weighted by molar-refractivity contribution is 7.69. The molecular weight excluding hydrogens is 586 g/mol. The third kappa shape index (κ3) is 6.64. The zero-order chi connectivity index (χ0) is 29.6. The van der Waals surface area contributed by atoms with Crippen LogP contribution in [-0.2, 0) is 38.8 Å². The lowest BCUT2D eigenvalue weighted by atomic mass is 10.1. The van der Waals surface area contributed by atoms with Crippen LogP contribution in [0.25, 0.3) is 11.2 Å². The van der Waals surface area contributed by atoms with Crippen LogP contribution in [0.4, 0.5) is 11.5 Å². The lowest BCUT2D eigenvalue weighted by molar-refractivity contribution is -0.384. The summed E-state index contributed by atoms with van der Waals surface area (Å²) in [7, 11) is -9.81. The van der Waals surface area contributed by atoms with Gasteiger partial charge in [-0.1, -0.05) is 12.1 Å². The highest BCUT2D eigenvalue weighted by Crippen LogP contribution is 2.54. The van der Waals surface area contributed by atoms with E-state index in [1.807, 2.05) is 0 Å². The maximum absolute atomic E-state index is 12.6. The normalized spacial score (nSPS) is 26.4. The Hall–Kier alpha value is -2.85. The SMILES string of the molecule is CC1(C)O[C@@H]2[C@H](O1)[C@@H](COP(=O)([O-])CP(=O)([O-])OCCc1ccc([N+](=O)[O-])cc1)O[C@H]2n1cnc2c(N)ncnc21. The van der Waals surface area contributed by atoms with Gasteiger partial charge in [0.25, 0.3) is 5.69 Å². The van der Waals surface area contributed by atoms with Gasteiger partial charge in [0.15, 0.2) is 23.5 Å². The molecule has 19 heteroatoms. The van der Waals surface area contributed by atoms with Gasteiger partial charge >= 0.3 is 0 Å². The van der Waals surface area contributed by atoms with Crippen molar-refractivity contribution in [3.8, 4) is 0 Å². The number of fused-ring (bicyclic) bond motifs is 2. The van der Waals surface area contributed by atoms with Gasteiger partial charge in [0.2, 0.25) is 0 Å².